The lowest BCUT2D eigenvalue weighted by atomic mass is 10.1. The van der Waals surface area contributed by atoms with Crippen LogP contribution < -0.4 is 10.6 Å². The average Bonchev–Trinajstić information content (AvgIpc) is 2.86. The maximum atomic E-state index is 8.73. The van der Waals surface area contributed by atoms with Gasteiger partial charge in [0, 0.05) is 23.8 Å². The third-order valence-electron chi connectivity index (χ3n) is 3.77. The van der Waals surface area contributed by atoms with Gasteiger partial charge in [-0.15, -0.1) is 0 Å². The second-order valence-electron chi connectivity index (χ2n) is 4.88. The predicted molar refractivity (Wildman–Crippen MR) is 74.3 cm³/mol. The Morgan fingerprint density at radius 2 is 2.33 bits per heavy atom. The van der Waals surface area contributed by atoms with Crippen molar-refractivity contribution in [1.29, 1.82) is 0 Å². The molecule has 0 spiro atoms. The lowest BCUT2D eigenvalue weighted by Crippen LogP contribution is -2.28. The van der Waals surface area contributed by atoms with Gasteiger partial charge in [-0.1, -0.05) is 12.1 Å². The fourth-order valence-corrected chi connectivity index (χ4v) is 2.77. The molecule has 4 heteroatoms. The first-order valence-electron chi connectivity index (χ1n) is 6.52. The molecule has 0 radical (unpaired) electrons. The molecule has 1 atom stereocenters. The summed E-state index contributed by atoms with van der Waals surface area (Å²) in [6.07, 6.45) is 3.72. The summed E-state index contributed by atoms with van der Waals surface area (Å²) in [4.78, 5) is 2.46. The van der Waals surface area contributed by atoms with Crippen LogP contribution in [-0.2, 0) is 0 Å². The molecule has 2 rings (SSSR count). The molecule has 1 aromatic rings. The van der Waals surface area contributed by atoms with Crippen molar-refractivity contribution in [1.82, 2.24) is 0 Å². The van der Waals surface area contributed by atoms with Crippen LogP contribution in [0.25, 0.3) is 0 Å². The van der Waals surface area contributed by atoms with E-state index in [1.165, 1.54) is 24.9 Å². The minimum Gasteiger partial charge on any atom is -0.409 e. The Morgan fingerprint density at radius 1 is 1.56 bits per heavy atom. The summed E-state index contributed by atoms with van der Waals surface area (Å²) in [5.41, 5.74) is 8.73. The normalized spacial score (nSPS) is 20.4. The highest BCUT2D eigenvalue weighted by molar-refractivity contribution is 5.98. The maximum Gasteiger partial charge on any atom is 0.170 e. The summed E-state index contributed by atoms with van der Waals surface area (Å²) in [6.45, 7) is 5.36. The van der Waals surface area contributed by atoms with Crippen LogP contribution in [0.1, 0.15) is 37.3 Å². The molecular formula is C14H21N3O. The third kappa shape index (κ3) is 2.28. The van der Waals surface area contributed by atoms with Gasteiger partial charge >= 0.3 is 0 Å². The van der Waals surface area contributed by atoms with Crippen molar-refractivity contribution in [2.75, 3.05) is 11.4 Å². The van der Waals surface area contributed by atoms with Crippen molar-refractivity contribution < 1.29 is 5.21 Å². The highest BCUT2D eigenvalue weighted by atomic mass is 16.4. The zero-order valence-electron chi connectivity index (χ0n) is 11.1. The molecule has 1 heterocycles. The van der Waals surface area contributed by atoms with Crippen molar-refractivity contribution in [3.05, 3.63) is 29.3 Å². The van der Waals surface area contributed by atoms with Crippen LogP contribution in [-0.4, -0.2) is 23.6 Å². The van der Waals surface area contributed by atoms with E-state index in [4.69, 9.17) is 10.9 Å². The summed E-state index contributed by atoms with van der Waals surface area (Å²) in [5.74, 6) is 0.174. The van der Waals surface area contributed by atoms with Crippen LogP contribution in [0.5, 0.6) is 0 Å². The Balaban J connectivity index is 2.29. The second kappa shape index (κ2) is 5.29. The van der Waals surface area contributed by atoms with E-state index in [-0.39, 0.29) is 5.84 Å². The van der Waals surface area contributed by atoms with Crippen LogP contribution >= 0.6 is 0 Å². The number of rotatable bonds is 3. The van der Waals surface area contributed by atoms with Crippen LogP contribution in [0, 0.1) is 6.92 Å². The summed E-state index contributed by atoms with van der Waals surface area (Å²) < 4.78 is 0. The summed E-state index contributed by atoms with van der Waals surface area (Å²) in [6, 6.07) is 6.78. The fourth-order valence-electron chi connectivity index (χ4n) is 2.77. The molecule has 0 aliphatic carbocycles. The summed E-state index contributed by atoms with van der Waals surface area (Å²) in [5, 5.41) is 11.8. The number of aryl methyl sites for hydroxylation is 1. The zero-order chi connectivity index (χ0) is 13.1. The van der Waals surface area contributed by atoms with Crippen molar-refractivity contribution in [3.8, 4) is 0 Å². The molecule has 1 aliphatic rings. The summed E-state index contributed by atoms with van der Waals surface area (Å²) >= 11 is 0. The molecule has 0 amide bonds. The first-order chi connectivity index (χ1) is 8.67. The van der Waals surface area contributed by atoms with Gasteiger partial charge in [0.05, 0.1) is 0 Å². The summed E-state index contributed by atoms with van der Waals surface area (Å²) in [7, 11) is 0. The van der Waals surface area contributed by atoms with Gasteiger partial charge in [-0.25, -0.2) is 0 Å². The molecule has 0 aromatic heterocycles. The molecule has 1 unspecified atom stereocenters. The number of anilines is 1. The smallest absolute Gasteiger partial charge is 0.170 e. The van der Waals surface area contributed by atoms with Gasteiger partial charge in [-0.05, 0) is 49.9 Å². The molecule has 1 saturated heterocycles. The fraction of sp³-hybridized carbons (Fsp3) is 0.500. The highest BCUT2D eigenvalue weighted by Crippen LogP contribution is 2.28. The van der Waals surface area contributed by atoms with Crippen molar-refractivity contribution >= 4 is 11.5 Å². The van der Waals surface area contributed by atoms with E-state index >= 15 is 0 Å². The quantitative estimate of drug-likeness (QED) is 0.373. The number of nitrogens with two attached hydrogens (primary N) is 1. The SMILES string of the molecule is CCC1CCCN1c1ccc(/C(N)=N/O)c(C)c1. The minimum atomic E-state index is 0.174. The lowest BCUT2D eigenvalue weighted by Gasteiger charge is -2.26. The standard InChI is InChI=1S/C14H21N3O/c1-3-11-5-4-8-17(11)12-6-7-13(10(2)9-12)14(15)16-18/h6-7,9,11,18H,3-5,8H2,1-2H3,(H2,15,16). The van der Waals surface area contributed by atoms with E-state index in [1.807, 2.05) is 13.0 Å². The number of amidine groups is 1. The first kappa shape index (κ1) is 12.7. The topological polar surface area (TPSA) is 61.8 Å². The Morgan fingerprint density at radius 3 is 2.94 bits per heavy atom. The van der Waals surface area contributed by atoms with E-state index in [0.717, 1.165) is 17.7 Å². The lowest BCUT2D eigenvalue weighted by molar-refractivity contribution is 0.318. The molecule has 0 bridgehead atoms. The van der Waals surface area contributed by atoms with Gasteiger partial charge in [0.25, 0.3) is 0 Å². The van der Waals surface area contributed by atoms with Crippen LogP contribution in [0.15, 0.2) is 23.4 Å². The van der Waals surface area contributed by atoms with E-state index in [0.29, 0.717) is 6.04 Å². The monoisotopic (exact) mass is 247 g/mol. The number of benzene rings is 1. The van der Waals surface area contributed by atoms with Crippen molar-refractivity contribution in [3.63, 3.8) is 0 Å². The predicted octanol–water partition coefficient (Wildman–Crippen LogP) is 2.47. The Kier molecular flexibility index (Phi) is 3.75. The van der Waals surface area contributed by atoms with Crippen LogP contribution in [0.2, 0.25) is 0 Å². The molecule has 0 saturated carbocycles. The minimum absolute atomic E-state index is 0.174. The Labute approximate surface area is 108 Å². The number of nitrogens with zero attached hydrogens (tertiary/aromatic N) is 2. The van der Waals surface area contributed by atoms with Crippen molar-refractivity contribution in [2.45, 2.75) is 39.2 Å². The van der Waals surface area contributed by atoms with Gasteiger partial charge < -0.3 is 15.8 Å². The van der Waals surface area contributed by atoms with Crippen molar-refractivity contribution in [2.24, 2.45) is 10.9 Å². The molecule has 98 valence electrons. The molecular weight excluding hydrogens is 226 g/mol. The van der Waals surface area contributed by atoms with Gasteiger partial charge in [0.2, 0.25) is 0 Å². The Hall–Kier alpha value is -1.71. The van der Waals surface area contributed by atoms with E-state index in [1.54, 1.807) is 0 Å². The number of hydrogen-bond acceptors (Lipinski definition) is 3. The maximum absolute atomic E-state index is 8.73. The highest BCUT2D eigenvalue weighted by Gasteiger charge is 2.23. The molecule has 18 heavy (non-hydrogen) atoms. The van der Waals surface area contributed by atoms with Gasteiger partial charge in [-0.2, -0.15) is 0 Å². The third-order valence-corrected chi connectivity index (χ3v) is 3.77. The Bertz CT molecular complexity index is 456. The van der Waals surface area contributed by atoms with Crippen LogP contribution in [0.4, 0.5) is 5.69 Å². The molecule has 1 fully saturated rings. The van der Waals surface area contributed by atoms with E-state index in [2.05, 4.69) is 29.1 Å². The van der Waals surface area contributed by atoms with Gasteiger partial charge in [-0.3, -0.25) is 0 Å². The largest absolute Gasteiger partial charge is 0.409 e. The van der Waals surface area contributed by atoms with Gasteiger partial charge in [0.1, 0.15) is 0 Å². The van der Waals surface area contributed by atoms with E-state index < -0.39 is 0 Å². The van der Waals surface area contributed by atoms with Crippen LogP contribution in [0.3, 0.4) is 0 Å². The molecule has 4 nitrogen and oxygen atoms in total. The number of oxime groups is 1. The molecule has 3 N–H and O–H groups in total. The zero-order valence-corrected chi connectivity index (χ0v) is 11.1. The first-order valence-corrected chi connectivity index (χ1v) is 6.52. The van der Waals surface area contributed by atoms with E-state index in [9.17, 15) is 0 Å². The number of hydrogen-bond donors (Lipinski definition) is 2. The molecule has 1 aromatic carbocycles. The van der Waals surface area contributed by atoms with Gasteiger partial charge in [0.15, 0.2) is 5.84 Å². The second-order valence-corrected chi connectivity index (χ2v) is 4.88. The average molecular weight is 247 g/mol. The molecule has 1 aliphatic heterocycles.